The Morgan fingerprint density at radius 3 is 2.50 bits per heavy atom. The van der Waals surface area contributed by atoms with Gasteiger partial charge in [-0.05, 0) is 39.2 Å². The van der Waals surface area contributed by atoms with Crippen LogP contribution in [0, 0.1) is 0 Å². The molecule has 5 nitrogen and oxygen atoms in total. The van der Waals surface area contributed by atoms with Crippen LogP contribution in [0.5, 0.6) is 0 Å². The average Bonchev–Trinajstić information content (AvgIpc) is 2.23. The maximum Gasteiger partial charge on any atom is 0.325 e. The summed E-state index contributed by atoms with van der Waals surface area (Å²) in [7, 11) is 0. The molecule has 0 bridgehead atoms. The van der Waals surface area contributed by atoms with Gasteiger partial charge in [0.15, 0.2) is 0 Å². The molecule has 0 atom stereocenters. The first-order valence-corrected chi connectivity index (χ1v) is 6.74. The topological polar surface area (TPSA) is 67.8 Å². The van der Waals surface area contributed by atoms with Crippen LogP contribution in [0.25, 0.3) is 0 Å². The van der Waals surface area contributed by atoms with E-state index >= 15 is 0 Å². The largest absolute Gasteiger partial charge is 0.459 e. The third kappa shape index (κ3) is 8.81. The predicted octanol–water partition coefficient (Wildman–Crippen LogP) is 1.74. The third-order valence-corrected chi connectivity index (χ3v) is 2.16. The van der Waals surface area contributed by atoms with Crippen LogP contribution in [0.4, 0.5) is 0 Å². The number of carbonyl (C=O) groups is 2. The molecule has 1 N–H and O–H groups in total. The Morgan fingerprint density at radius 1 is 1.44 bits per heavy atom. The minimum absolute atomic E-state index is 0.104. The number of carbonyl (C=O) groups excluding carboxylic acids is 2. The molecule has 1 amide bonds. The number of aliphatic imine (C=N–C) groups is 1. The first-order valence-electron chi connectivity index (χ1n) is 5.45. The van der Waals surface area contributed by atoms with Crippen LogP contribution in [0.3, 0.4) is 0 Å². The van der Waals surface area contributed by atoms with Gasteiger partial charge < -0.3 is 10.1 Å². The smallest absolute Gasteiger partial charge is 0.325 e. The number of hydrogen-bond acceptors (Lipinski definition) is 5. The fraction of sp³-hybridized carbons (Fsp3) is 0.583. The summed E-state index contributed by atoms with van der Waals surface area (Å²) in [5, 5.41) is 4.21. The van der Waals surface area contributed by atoms with Gasteiger partial charge in [0.25, 0.3) is 0 Å². The quantitative estimate of drug-likeness (QED) is 0.591. The molecule has 0 saturated heterocycles. The van der Waals surface area contributed by atoms with Gasteiger partial charge in [-0.3, -0.25) is 14.6 Å². The molecule has 0 radical (unpaired) electrons. The molecule has 0 aliphatic heterocycles. The van der Waals surface area contributed by atoms with E-state index in [0.717, 1.165) is 0 Å². The highest BCUT2D eigenvalue weighted by Crippen LogP contribution is 2.08. The molecule has 0 aromatic carbocycles. The molecule has 0 aliphatic carbocycles. The molecule has 0 rings (SSSR count). The lowest BCUT2D eigenvalue weighted by Gasteiger charge is -2.19. The molecule has 0 heterocycles. The molecule has 6 heteroatoms. The Balaban J connectivity index is 4.08. The van der Waals surface area contributed by atoms with Gasteiger partial charge in [0.2, 0.25) is 5.91 Å². The molecule has 0 aromatic heterocycles. The van der Waals surface area contributed by atoms with Crippen molar-refractivity contribution in [3.8, 4) is 0 Å². The van der Waals surface area contributed by atoms with Gasteiger partial charge in [0.05, 0.1) is 12.1 Å². The minimum Gasteiger partial charge on any atom is -0.459 e. The lowest BCUT2D eigenvalue weighted by Crippen LogP contribution is -2.34. The zero-order valence-corrected chi connectivity index (χ0v) is 12.1. The summed E-state index contributed by atoms with van der Waals surface area (Å²) in [4.78, 5) is 26.6. The van der Waals surface area contributed by atoms with E-state index < -0.39 is 11.6 Å². The normalized spacial score (nSPS) is 11.9. The van der Waals surface area contributed by atoms with Crippen molar-refractivity contribution in [1.82, 2.24) is 5.32 Å². The Kier molecular flexibility index (Phi) is 7.35. The Bertz CT molecular complexity index is 346. The highest BCUT2D eigenvalue weighted by molar-refractivity contribution is 8.01. The fourth-order valence-electron chi connectivity index (χ4n) is 1.05. The molecule has 102 valence electrons. The molecule has 0 aromatic rings. The van der Waals surface area contributed by atoms with Crippen LogP contribution in [-0.2, 0) is 14.3 Å². The summed E-state index contributed by atoms with van der Waals surface area (Å²) in [6, 6.07) is 0. The summed E-state index contributed by atoms with van der Waals surface area (Å²) in [5.74, 6) is -0.744. The lowest BCUT2D eigenvalue weighted by molar-refractivity contribution is -0.154. The molecule has 0 spiro atoms. The van der Waals surface area contributed by atoms with E-state index in [1.54, 1.807) is 26.2 Å². The highest BCUT2D eigenvalue weighted by Gasteiger charge is 2.16. The zero-order valence-electron chi connectivity index (χ0n) is 11.3. The number of rotatable bonds is 6. The summed E-state index contributed by atoms with van der Waals surface area (Å²) in [6.07, 6.45) is 1.97. The van der Waals surface area contributed by atoms with E-state index in [0.29, 0.717) is 5.70 Å². The van der Waals surface area contributed by atoms with Crippen molar-refractivity contribution in [3.63, 3.8) is 0 Å². The predicted molar refractivity (Wildman–Crippen MR) is 74.6 cm³/mol. The summed E-state index contributed by atoms with van der Waals surface area (Å²) >= 11 is 1.44. The maximum atomic E-state index is 11.5. The van der Waals surface area contributed by atoms with E-state index in [-0.39, 0.29) is 18.9 Å². The number of nitrogens with zero attached hydrogens (tertiary/aromatic N) is 1. The molecule has 0 unspecified atom stereocenters. The van der Waals surface area contributed by atoms with Crippen LogP contribution in [-0.4, -0.2) is 37.0 Å². The van der Waals surface area contributed by atoms with Crippen LogP contribution < -0.4 is 5.32 Å². The van der Waals surface area contributed by atoms with Crippen molar-refractivity contribution in [2.75, 3.05) is 12.8 Å². The van der Waals surface area contributed by atoms with E-state index in [2.05, 4.69) is 17.0 Å². The van der Waals surface area contributed by atoms with Crippen LogP contribution in [0.15, 0.2) is 16.1 Å². The SMILES string of the molecule is C=N/C(=C\SC)CC(=O)NCC(=O)OC(C)(C)C. The van der Waals surface area contributed by atoms with E-state index in [1.807, 2.05) is 6.26 Å². The Morgan fingerprint density at radius 2 is 2.06 bits per heavy atom. The highest BCUT2D eigenvalue weighted by atomic mass is 32.2. The second-order valence-electron chi connectivity index (χ2n) is 4.54. The lowest BCUT2D eigenvalue weighted by atomic mass is 10.2. The van der Waals surface area contributed by atoms with Crippen molar-refractivity contribution >= 4 is 30.4 Å². The maximum absolute atomic E-state index is 11.5. The van der Waals surface area contributed by atoms with E-state index in [1.165, 1.54) is 11.8 Å². The average molecular weight is 272 g/mol. The fourth-order valence-corrected chi connectivity index (χ4v) is 1.48. The van der Waals surface area contributed by atoms with Gasteiger partial charge in [-0.1, -0.05) is 0 Å². The van der Waals surface area contributed by atoms with Gasteiger partial charge in [0.1, 0.15) is 12.1 Å². The second-order valence-corrected chi connectivity index (χ2v) is 5.25. The van der Waals surface area contributed by atoms with Crippen LogP contribution >= 0.6 is 11.8 Å². The third-order valence-electron chi connectivity index (χ3n) is 1.65. The Labute approximate surface area is 112 Å². The van der Waals surface area contributed by atoms with Gasteiger partial charge in [0, 0.05) is 0 Å². The summed E-state index contributed by atoms with van der Waals surface area (Å²) < 4.78 is 5.06. The molecule has 0 aliphatic rings. The summed E-state index contributed by atoms with van der Waals surface area (Å²) in [6.45, 7) is 8.55. The number of hydrogen-bond donors (Lipinski definition) is 1. The van der Waals surface area contributed by atoms with Crippen molar-refractivity contribution < 1.29 is 14.3 Å². The first kappa shape index (κ1) is 16.7. The molecule has 18 heavy (non-hydrogen) atoms. The molecular formula is C12H20N2O3S. The van der Waals surface area contributed by atoms with Gasteiger partial charge in [-0.15, -0.1) is 11.8 Å². The van der Waals surface area contributed by atoms with E-state index in [9.17, 15) is 9.59 Å². The minimum atomic E-state index is -0.547. The van der Waals surface area contributed by atoms with E-state index in [4.69, 9.17) is 4.74 Å². The first-order chi connectivity index (χ1) is 8.28. The van der Waals surface area contributed by atoms with Crippen LogP contribution in [0.1, 0.15) is 27.2 Å². The number of thioether (sulfide) groups is 1. The van der Waals surface area contributed by atoms with Gasteiger partial charge in [-0.2, -0.15) is 0 Å². The van der Waals surface area contributed by atoms with Crippen molar-refractivity contribution in [1.29, 1.82) is 0 Å². The molecule has 0 saturated carbocycles. The van der Waals surface area contributed by atoms with Crippen LogP contribution in [0.2, 0.25) is 0 Å². The zero-order chi connectivity index (χ0) is 14.2. The monoisotopic (exact) mass is 272 g/mol. The van der Waals surface area contributed by atoms with Crippen molar-refractivity contribution in [2.45, 2.75) is 32.8 Å². The molecule has 0 fully saturated rings. The number of ether oxygens (including phenoxy) is 1. The summed E-state index contributed by atoms with van der Waals surface area (Å²) in [5.41, 5.74) is 0.0261. The van der Waals surface area contributed by atoms with Gasteiger partial charge in [-0.25, -0.2) is 0 Å². The van der Waals surface area contributed by atoms with Crippen molar-refractivity contribution in [3.05, 3.63) is 11.1 Å². The number of esters is 1. The molecular weight excluding hydrogens is 252 g/mol. The standard InChI is InChI=1S/C12H20N2O3S/c1-12(2,3)17-11(16)7-14-10(15)6-9(13-4)8-18-5/h8H,4,6-7H2,1-3,5H3,(H,14,15)/b9-8-. The Hall–Kier alpha value is -1.30. The number of nitrogens with one attached hydrogen (secondary N) is 1. The second kappa shape index (κ2) is 7.92. The number of amides is 1. The van der Waals surface area contributed by atoms with Crippen molar-refractivity contribution in [2.24, 2.45) is 4.99 Å². The van der Waals surface area contributed by atoms with Gasteiger partial charge >= 0.3 is 5.97 Å².